The highest BCUT2D eigenvalue weighted by atomic mass is 16.5. The zero-order valence-electron chi connectivity index (χ0n) is 14.9. The van der Waals surface area contributed by atoms with E-state index in [0.29, 0.717) is 18.6 Å². The van der Waals surface area contributed by atoms with Gasteiger partial charge in [-0.25, -0.2) is 0 Å². The van der Waals surface area contributed by atoms with Gasteiger partial charge < -0.3 is 9.64 Å². The second kappa shape index (κ2) is 7.43. The molecular weight excluding hydrogens is 290 g/mol. The normalized spacial score (nSPS) is 27.8. The molecule has 128 valence electrons. The number of nitrogens with zero attached hydrogens (tertiary/aromatic N) is 1. The van der Waals surface area contributed by atoms with Crippen molar-refractivity contribution in [2.45, 2.75) is 58.9 Å². The number of ether oxygens (including phenoxy) is 1. The van der Waals surface area contributed by atoms with Crippen LogP contribution in [-0.2, 0) is 14.3 Å². The average Bonchev–Trinajstić information content (AvgIpc) is 2.96. The van der Waals surface area contributed by atoms with Crippen molar-refractivity contribution in [1.29, 1.82) is 0 Å². The van der Waals surface area contributed by atoms with E-state index in [1.807, 2.05) is 11.0 Å². The van der Waals surface area contributed by atoms with Crippen LogP contribution >= 0.6 is 0 Å². The lowest BCUT2D eigenvalue weighted by Crippen LogP contribution is -2.41. The van der Waals surface area contributed by atoms with E-state index in [1.54, 1.807) is 7.11 Å². The number of allylic oxidation sites excluding steroid dienone is 3. The van der Waals surface area contributed by atoms with Gasteiger partial charge in [0, 0.05) is 20.1 Å². The van der Waals surface area contributed by atoms with Gasteiger partial charge in [-0.1, -0.05) is 24.6 Å². The van der Waals surface area contributed by atoms with Gasteiger partial charge in [0.15, 0.2) is 5.78 Å². The quantitative estimate of drug-likeness (QED) is 0.577. The molecule has 0 bridgehead atoms. The van der Waals surface area contributed by atoms with Crippen LogP contribution in [0.4, 0.5) is 0 Å². The SMILES string of the molecule is COC[C@@H]1CCCN1C(=O)C1=C[C@@](C)(CC=C(C)C)CCC1=O. The summed E-state index contributed by atoms with van der Waals surface area (Å²) >= 11 is 0. The van der Waals surface area contributed by atoms with Crippen molar-refractivity contribution >= 4 is 11.7 Å². The van der Waals surface area contributed by atoms with Crippen molar-refractivity contribution in [2.24, 2.45) is 5.41 Å². The Morgan fingerprint density at radius 2 is 2.22 bits per heavy atom. The molecule has 2 aliphatic rings. The van der Waals surface area contributed by atoms with Crippen molar-refractivity contribution in [3.63, 3.8) is 0 Å². The Balaban J connectivity index is 2.21. The fraction of sp³-hybridized carbons (Fsp3) is 0.684. The summed E-state index contributed by atoms with van der Waals surface area (Å²) in [6, 6.07) is 0.104. The Morgan fingerprint density at radius 3 is 2.87 bits per heavy atom. The van der Waals surface area contributed by atoms with E-state index in [9.17, 15) is 9.59 Å². The number of hydrogen-bond donors (Lipinski definition) is 0. The Bertz CT molecular complexity index is 531. The summed E-state index contributed by atoms with van der Waals surface area (Å²) in [5.41, 5.74) is 1.56. The van der Waals surface area contributed by atoms with Crippen molar-refractivity contribution < 1.29 is 14.3 Å². The minimum atomic E-state index is -0.105. The first-order valence-electron chi connectivity index (χ1n) is 8.55. The van der Waals surface area contributed by atoms with Crippen LogP contribution < -0.4 is 0 Å². The third kappa shape index (κ3) is 4.31. The zero-order valence-corrected chi connectivity index (χ0v) is 14.9. The van der Waals surface area contributed by atoms with Crippen LogP contribution in [0.2, 0.25) is 0 Å². The molecule has 1 aliphatic carbocycles. The summed E-state index contributed by atoms with van der Waals surface area (Å²) in [7, 11) is 1.66. The summed E-state index contributed by atoms with van der Waals surface area (Å²) in [6.07, 6.45) is 8.22. The van der Waals surface area contributed by atoms with E-state index in [4.69, 9.17) is 4.74 Å². The summed E-state index contributed by atoms with van der Waals surface area (Å²) in [5, 5.41) is 0. The highest BCUT2D eigenvalue weighted by molar-refractivity contribution is 6.19. The van der Waals surface area contributed by atoms with E-state index in [1.165, 1.54) is 5.57 Å². The number of Topliss-reactive ketones (excluding diaryl/α,β-unsaturated/α-hetero) is 1. The van der Waals surface area contributed by atoms with Gasteiger partial charge >= 0.3 is 0 Å². The molecule has 0 saturated carbocycles. The fourth-order valence-electron chi connectivity index (χ4n) is 3.44. The molecular formula is C19H29NO3. The van der Waals surface area contributed by atoms with E-state index < -0.39 is 0 Å². The van der Waals surface area contributed by atoms with Crippen LogP contribution in [0.25, 0.3) is 0 Å². The highest BCUT2D eigenvalue weighted by Crippen LogP contribution is 2.37. The lowest BCUT2D eigenvalue weighted by molar-refractivity contribution is -0.131. The number of carbonyl (C=O) groups is 2. The summed E-state index contributed by atoms with van der Waals surface area (Å²) < 4.78 is 5.22. The first-order chi connectivity index (χ1) is 10.9. The van der Waals surface area contributed by atoms with Gasteiger partial charge in [0.25, 0.3) is 5.91 Å². The molecule has 1 amide bonds. The lowest BCUT2D eigenvalue weighted by Gasteiger charge is -2.32. The minimum absolute atomic E-state index is 0.00672. The molecule has 0 unspecified atom stereocenters. The molecule has 2 atom stereocenters. The standard InChI is InChI=1S/C19H29NO3/c1-14(2)7-9-19(3)10-8-17(21)16(12-19)18(22)20-11-5-6-15(20)13-23-4/h7,12,15H,5-6,8-11,13H2,1-4H3/t15-,19-/m0/s1. The van der Waals surface area contributed by atoms with Crippen molar-refractivity contribution in [3.05, 3.63) is 23.3 Å². The maximum absolute atomic E-state index is 12.9. The molecule has 0 aromatic carbocycles. The number of ketones is 1. The average molecular weight is 319 g/mol. The van der Waals surface area contributed by atoms with Gasteiger partial charge in [0.2, 0.25) is 0 Å². The summed E-state index contributed by atoms with van der Waals surface area (Å²) in [5.74, 6) is -0.106. The Hall–Kier alpha value is -1.42. The monoisotopic (exact) mass is 319 g/mol. The predicted molar refractivity (Wildman–Crippen MR) is 91.1 cm³/mol. The van der Waals surface area contributed by atoms with Crippen molar-refractivity contribution in [2.75, 3.05) is 20.3 Å². The van der Waals surface area contributed by atoms with Crippen molar-refractivity contribution in [3.8, 4) is 0 Å². The van der Waals surface area contributed by atoms with Crippen LogP contribution in [0, 0.1) is 5.41 Å². The first kappa shape index (κ1) is 17.9. The largest absolute Gasteiger partial charge is 0.383 e. The molecule has 0 aromatic heterocycles. The second-order valence-electron chi connectivity index (χ2n) is 7.37. The van der Waals surface area contributed by atoms with E-state index in [-0.39, 0.29) is 23.1 Å². The smallest absolute Gasteiger partial charge is 0.257 e. The van der Waals surface area contributed by atoms with E-state index in [2.05, 4.69) is 26.8 Å². The molecule has 1 fully saturated rings. The van der Waals surface area contributed by atoms with Gasteiger partial charge in [-0.2, -0.15) is 0 Å². The molecule has 0 N–H and O–H groups in total. The number of carbonyl (C=O) groups excluding carboxylic acids is 2. The second-order valence-corrected chi connectivity index (χ2v) is 7.37. The maximum Gasteiger partial charge on any atom is 0.257 e. The van der Waals surface area contributed by atoms with Gasteiger partial charge in [-0.15, -0.1) is 0 Å². The molecule has 0 aromatic rings. The van der Waals surface area contributed by atoms with Crippen molar-refractivity contribution in [1.82, 2.24) is 4.90 Å². The number of amides is 1. The first-order valence-corrected chi connectivity index (χ1v) is 8.55. The summed E-state index contributed by atoms with van der Waals surface area (Å²) in [4.78, 5) is 27.0. The third-order valence-electron chi connectivity index (χ3n) is 4.92. The molecule has 1 aliphatic heterocycles. The van der Waals surface area contributed by atoms with Crippen LogP contribution in [-0.4, -0.2) is 42.9 Å². The number of hydrogen-bond acceptors (Lipinski definition) is 3. The zero-order chi connectivity index (χ0) is 17.0. The van der Waals surface area contributed by atoms with Crippen LogP contribution in [0.1, 0.15) is 52.9 Å². The molecule has 4 nitrogen and oxygen atoms in total. The van der Waals surface area contributed by atoms with Crippen LogP contribution in [0.15, 0.2) is 23.3 Å². The van der Waals surface area contributed by atoms with E-state index in [0.717, 1.165) is 32.2 Å². The maximum atomic E-state index is 12.9. The highest BCUT2D eigenvalue weighted by Gasteiger charge is 2.37. The third-order valence-corrected chi connectivity index (χ3v) is 4.92. The molecule has 0 spiro atoms. The number of likely N-dealkylation sites (tertiary alicyclic amines) is 1. The van der Waals surface area contributed by atoms with Gasteiger partial charge in [0.1, 0.15) is 0 Å². The number of rotatable bonds is 5. The van der Waals surface area contributed by atoms with Crippen LogP contribution in [0.3, 0.4) is 0 Å². The molecule has 23 heavy (non-hydrogen) atoms. The Kier molecular flexibility index (Phi) is 5.79. The topological polar surface area (TPSA) is 46.6 Å². The molecule has 1 heterocycles. The predicted octanol–water partition coefficient (Wildman–Crippen LogP) is 3.28. The van der Waals surface area contributed by atoms with Gasteiger partial charge in [0.05, 0.1) is 18.2 Å². The molecule has 4 heteroatoms. The molecule has 2 rings (SSSR count). The van der Waals surface area contributed by atoms with Crippen LogP contribution in [0.5, 0.6) is 0 Å². The minimum Gasteiger partial charge on any atom is -0.383 e. The lowest BCUT2D eigenvalue weighted by atomic mass is 9.74. The van der Waals surface area contributed by atoms with Gasteiger partial charge in [-0.05, 0) is 44.9 Å². The van der Waals surface area contributed by atoms with E-state index >= 15 is 0 Å². The Labute approximate surface area is 139 Å². The van der Waals surface area contributed by atoms with Gasteiger partial charge in [-0.3, -0.25) is 9.59 Å². The molecule has 1 saturated heterocycles. The fourth-order valence-corrected chi connectivity index (χ4v) is 3.44. The summed E-state index contributed by atoms with van der Waals surface area (Å²) in [6.45, 7) is 7.56. The molecule has 0 radical (unpaired) electrons. The number of methoxy groups -OCH3 is 1. The Morgan fingerprint density at radius 1 is 1.48 bits per heavy atom.